The molecule has 5 heteroatoms. The van der Waals surface area contributed by atoms with Crippen molar-refractivity contribution in [2.24, 2.45) is 5.92 Å². The highest BCUT2D eigenvalue weighted by molar-refractivity contribution is 5.86. The molecule has 1 aromatic carbocycles. The number of hydrogen-bond donors (Lipinski definition) is 1. The van der Waals surface area contributed by atoms with Gasteiger partial charge in [0.1, 0.15) is 6.04 Å². The second kappa shape index (κ2) is 6.08. The van der Waals surface area contributed by atoms with E-state index in [0.29, 0.717) is 32.4 Å². The molecule has 22 heavy (non-hydrogen) atoms. The van der Waals surface area contributed by atoms with Crippen molar-refractivity contribution in [2.75, 3.05) is 6.61 Å². The zero-order valence-corrected chi connectivity index (χ0v) is 12.7. The number of benzene rings is 1. The molecule has 118 valence electrons. The molecule has 0 bridgehead atoms. The third-order valence-electron chi connectivity index (χ3n) is 4.65. The third-order valence-corrected chi connectivity index (χ3v) is 4.65. The number of aliphatic carboxylic acids is 1. The molecule has 1 amide bonds. The number of ether oxygens (including phenoxy) is 1. The van der Waals surface area contributed by atoms with Crippen molar-refractivity contribution in [1.82, 2.24) is 4.90 Å². The van der Waals surface area contributed by atoms with Crippen LogP contribution < -0.4 is 0 Å². The average Bonchev–Trinajstić information content (AvgIpc) is 2.52. The predicted molar refractivity (Wildman–Crippen MR) is 80.3 cm³/mol. The Morgan fingerprint density at radius 3 is 2.68 bits per heavy atom. The first kappa shape index (κ1) is 15.0. The molecule has 5 nitrogen and oxygen atoms in total. The molecule has 0 aromatic heterocycles. The lowest BCUT2D eigenvalue weighted by Crippen LogP contribution is -2.51. The van der Waals surface area contributed by atoms with Crippen molar-refractivity contribution in [2.45, 2.75) is 44.9 Å². The molecule has 2 aliphatic rings. The Labute approximate surface area is 129 Å². The van der Waals surface area contributed by atoms with Crippen molar-refractivity contribution in [3.05, 3.63) is 35.4 Å². The van der Waals surface area contributed by atoms with E-state index in [1.165, 1.54) is 0 Å². The van der Waals surface area contributed by atoms with E-state index in [9.17, 15) is 14.7 Å². The van der Waals surface area contributed by atoms with Crippen LogP contribution in [0.15, 0.2) is 24.3 Å². The molecule has 3 unspecified atom stereocenters. The van der Waals surface area contributed by atoms with Gasteiger partial charge in [0.15, 0.2) is 0 Å². The zero-order valence-electron chi connectivity index (χ0n) is 12.7. The average molecular weight is 303 g/mol. The first-order chi connectivity index (χ1) is 10.6. The lowest BCUT2D eigenvalue weighted by Gasteiger charge is -2.38. The Balaban J connectivity index is 1.84. The SMILES string of the molecule is CC1CC(C(=O)N2Cc3ccccc3CC2C(=O)O)CCO1. The number of carbonyl (C=O) groups is 2. The first-order valence-corrected chi connectivity index (χ1v) is 7.78. The minimum atomic E-state index is -0.928. The summed E-state index contributed by atoms with van der Waals surface area (Å²) >= 11 is 0. The number of amides is 1. The highest BCUT2D eigenvalue weighted by Crippen LogP contribution is 2.28. The topological polar surface area (TPSA) is 66.8 Å². The number of carbonyl (C=O) groups excluding carboxylic acids is 1. The maximum absolute atomic E-state index is 12.8. The lowest BCUT2D eigenvalue weighted by atomic mass is 9.89. The number of fused-ring (bicyclic) bond motifs is 1. The van der Waals surface area contributed by atoms with E-state index < -0.39 is 12.0 Å². The second-order valence-electron chi connectivity index (χ2n) is 6.20. The second-order valence-corrected chi connectivity index (χ2v) is 6.20. The van der Waals surface area contributed by atoms with Gasteiger partial charge in [-0.2, -0.15) is 0 Å². The van der Waals surface area contributed by atoms with Crippen LogP contribution >= 0.6 is 0 Å². The minimum Gasteiger partial charge on any atom is -0.480 e. The van der Waals surface area contributed by atoms with Gasteiger partial charge in [0.05, 0.1) is 6.10 Å². The normalized spacial score (nSPS) is 28.0. The highest BCUT2D eigenvalue weighted by atomic mass is 16.5. The fourth-order valence-corrected chi connectivity index (χ4v) is 3.43. The molecule has 0 saturated carbocycles. The molecule has 1 fully saturated rings. The fourth-order valence-electron chi connectivity index (χ4n) is 3.43. The Hall–Kier alpha value is -1.88. The van der Waals surface area contributed by atoms with E-state index in [1.807, 2.05) is 31.2 Å². The summed E-state index contributed by atoms with van der Waals surface area (Å²) in [4.78, 5) is 26.0. The third kappa shape index (κ3) is 2.86. The maximum atomic E-state index is 12.8. The minimum absolute atomic E-state index is 0.0444. The fraction of sp³-hybridized carbons (Fsp3) is 0.529. The Morgan fingerprint density at radius 2 is 2.00 bits per heavy atom. The summed E-state index contributed by atoms with van der Waals surface area (Å²) in [6, 6.07) is 7.00. The van der Waals surface area contributed by atoms with Gasteiger partial charge in [-0.1, -0.05) is 24.3 Å². The summed E-state index contributed by atoms with van der Waals surface area (Å²) in [7, 11) is 0. The number of carboxylic acids is 1. The molecule has 1 aromatic rings. The zero-order chi connectivity index (χ0) is 15.7. The number of hydrogen-bond acceptors (Lipinski definition) is 3. The van der Waals surface area contributed by atoms with Gasteiger partial charge in [0.2, 0.25) is 5.91 Å². The Bertz CT molecular complexity index is 586. The van der Waals surface area contributed by atoms with Gasteiger partial charge in [-0.05, 0) is 30.9 Å². The van der Waals surface area contributed by atoms with Gasteiger partial charge in [0.25, 0.3) is 0 Å². The van der Waals surface area contributed by atoms with Crippen LogP contribution in [0.1, 0.15) is 30.9 Å². The van der Waals surface area contributed by atoms with Crippen LogP contribution in [-0.4, -0.2) is 40.6 Å². The van der Waals surface area contributed by atoms with E-state index in [-0.39, 0.29) is 17.9 Å². The van der Waals surface area contributed by atoms with Crippen molar-refractivity contribution in [3.63, 3.8) is 0 Å². The summed E-state index contributed by atoms with van der Waals surface area (Å²) < 4.78 is 5.49. The van der Waals surface area contributed by atoms with E-state index in [2.05, 4.69) is 0 Å². The van der Waals surface area contributed by atoms with Crippen LogP contribution in [-0.2, 0) is 27.3 Å². The van der Waals surface area contributed by atoms with Gasteiger partial charge >= 0.3 is 5.97 Å². The Kier molecular flexibility index (Phi) is 4.16. The lowest BCUT2D eigenvalue weighted by molar-refractivity contribution is -0.155. The van der Waals surface area contributed by atoms with Crippen LogP contribution in [0.4, 0.5) is 0 Å². The summed E-state index contributed by atoms with van der Waals surface area (Å²) in [5.74, 6) is -1.10. The molecular formula is C17H21NO4. The van der Waals surface area contributed by atoms with Crippen molar-refractivity contribution in [3.8, 4) is 0 Å². The smallest absolute Gasteiger partial charge is 0.326 e. The van der Waals surface area contributed by atoms with Crippen LogP contribution in [0.5, 0.6) is 0 Å². The van der Waals surface area contributed by atoms with Gasteiger partial charge in [-0.3, -0.25) is 4.79 Å². The molecule has 1 N–H and O–H groups in total. The van der Waals surface area contributed by atoms with Crippen molar-refractivity contribution in [1.29, 1.82) is 0 Å². The quantitative estimate of drug-likeness (QED) is 0.905. The molecule has 1 saturated heterocycles. The number of nitrogens with zero attached hydrogens (tertiary/aromatic N) is 1. The van der Waals surface area contributed by atoms with Gasteiger partial charge in [-0.15, -0.1) is 0 Å². The van der Waals surface area contributed by atoms with Gasteiger partial charge in [-0.25, -0.2) is 4.79 Å². The summed E-state index contributed by atoms with van der Waals surface area (Å²) in [6.45, 7) is 2.91. The van der Waals surface area contributed by atoms with Crippen LogP contribution in [0.25, 0.3) is 0 Å². The van der Waals surface area contributed by atoms with E-state index in [0.717, 1.165) is 11.1 Å². The molecule has 0 spiro atoms. The number of carboxylic acid groups (broad SMARTS) is 1. The first-order valence-electron chi connectivity index (χ1n) is 7.78. The molecular weight excluding hydrogens is 282 g/mol. The summed E-state index contributed by atoms with van der Waals surface area (Å²) in [5, 5.41) is 9.51. The maximum Gasteiger partial charge on any atom is 0.326 e. The van der Waals surface area contributed by atoms with Crippen molar-refractivity contribution < 1.29 is 19.4 Å². The molecule has 2 aliphatic heterocycles. The van der Waals surface area contributed by atoms with Crippen LogP contribution in [0, 0.1) is 5.92 Å². The van der Waals surface area contributed by atoms with E-state index >= 15 is 0 Å². The predicted octanol–water partition coefficient (Wildman–Crippen LogP) is 1.84. The van der Waals surface area contributed by atoms with Crippen LogP contribution in [0.2, 0.25) is 0 Å². The molecule has 0 aliphatic carbocycles. The molecule has 3 rings (SSSR count). The summed E-state index contributed by atoms with van der Waals surface area (Å²) in [6.07, 6.45) is 1.79. The standard InChI is InChI=1S/C17H21NO4/c1-11-8-13(6-7-22-11)16(19)18-10-14-5-3-2-4-12(14)9-15(18)17(20)21/h2-5,11,13,15H,6-10H2,1H3,(H,20,21). The molecule has 3 atom stereocenters. The van der Waals surface area contributed by atoms with Crippen LogP contribution in [0.3, 0.4) is 0 Å². The highest BCUT2D eigenvalue weighted by Gasteiger charge is 2.38. The van der Waals surface area contributed by atoms with E-state index in [4.69, 9.17) is 4.74 Å². The Morgan fingerprint density at radius 1 is 1.27 bits per heavy atom. The summed E-state index contributed by atoms with van der Waals surface area (Å²) in [5.41, 5.74) is 2.08. The largest absolute Gasteiger partial charge is 0.480 e. The monoisotopic (exact) mass is 303 g/mol. The number of rotatable bonds is 2. The molecule has 2 heterocycles. The molecule has 0 radical (unpaired) electrons. The van der Waals surface area contributed by atoms with Crippen molar-refractivity contribution >= 4 is 11.9 Å². The van der Waals surface area contributed by atoms with Gasteiger partial charge < -0.3 is 14.7 Å². The van der Waals surface area contributed by atoms with E-state index in [1.54, 1.807) is 4.90 Å². The van der Waals surface area contributed by atoms with Gasteiger partial charge in [0, 0.05) is 25.5 Å².